The lowest BCUT2D eigenvalue weighted by atomic mass is 10.1. The van der Waals surface area contributed by atoms with Gasteiger partial charge in [0.2, 0.25) is 19.1 Å². The quantitative estimate of drug-likeness (QED) is 0.0902. The molecule has 0 aliphatic rings. The van der Waals surface area contributed by atoms with E-state index in [9.17, 15) is 30.3 Å². The molecule has 9 heteroatoms. The molecule has 0 aromatic rings. The fraction of sp³-hybridized carbons (Fsp3) is 1.00. The first-order chi connectivity index (χ1) is 16.2. The highest BCUT2D eigenvalue weighted by Gasteiger charge is 2.10. The van der Waals surface area contributed by atoms with Crippen LogP contribution in [0.1, 0.15) is 143 Å². The summed E-state index contributed by atoms with van der Waals surface area (Å²) < 4.78 is 0. The Morgan fingerprint density at radius 2 is 0.794 bits per heavy atom. The van der Waals surface area contributed by atoms with E-state index < -0.39 is 0 Å². The summed E-state index contributed by atoms with van der Waals surface area (Å²) in [7, 11) is 0. The molecule has 0 heterocycles. The molecule has 0 bridgehead atoms. The Kier molecular flexibility index (Phi) is 33.7. The standard InChI is InChI=1S/C11H23NO2.C9H19NO2.C5H11NO2/c1-3-4-5-6-7-8-9-10-11(2)12(13)14;1-2-3-4-5-6-7-8-9-10(11)12;1-2-3-4-5-6(7)8/h11H,3-10H2,1-2H3;2-9H2,1H3;2-5H2,1H3. The molecule has 0 aromatic heterocycles. The lowest BCUT2D eigenvalue weighted by Crippen LogP contribution is -2.14. The van der Waals surface area contributed by atoms with Gasteiger partial charge in [-0.3, -0.25) is 30.3 Å². The second-order valence-electron chi connectivity index (χ2n) is 8.99. The van der Waals surface area contributed by atoms with Crippen molar-refractivity contribution >= 4 is 0 Å². The van der Waals surface area contributed by atoms with Gasteiger partial charge in [-0.1, -0.05) is 97.8 Å². The summed E-state index contributed by atoms with van der Waals surface area (Å²) >= 11 is 0. The van der Waals surface area contributed by atoms with Gasteiger partial charge >= 0.3 is 0 Å². The van der Waals surface area contributed by atoms with Crippen molar-refractivity contribution in [2.45, 2.75) is 149 Å². The minimum absolute atomic E-state index is 0.133. The molecule has 9 nitrogen and oxygen atoms in total. The van der Waals surface area contributed by atoms with Crippen LogP contribution >= 0.6 is 0 Å². The van der Waals surface area contributed by atoms with Crippen LogP contribution in [0.5, 0.6) is 0 Å². The third kappa shape index (κ3) is 40.5. The molecule has 0 saturated carbocycles. The van der Waals surface area contributed by atoms with Gasteiger partial charge in [0.15, 0.2) is 0 Å². The van der Waals surface area contributed by atoms with Gasteiger partial charge in [-0.15, -0.1) is 0 Å². The monoisotopic (exact) mass is 491 g/mol. The average molecular weight is 492 g/mol. The molecule has 0 aliphatic heterocycles. The zero-order chi connectivity index (χ0) is 26.5. The van der Waals surface area contributed by atoms with Gasteiger partial charge in [-0.25, -0.2) is 0 Å². The average Bonchev–Trinajstić information content (AvgIpc) is 2.78. The summed E-state index contributed by atoms with van der Waals surface area (Å²) in [4.78, 5) is 29.2. The van der Waals surface area contributed by atoms with Gasteiger partial charge in [0.25, 0.3) is 0 Å². The Bertz CT molecular complexity index is 464. The normalized spacial score (nSPS) is 10.9. The summed E-state index contributed by atoms with van der Waals surface area (Å²) in [6.45, 7) is 8.39. The topological polar surface area (TPSA) is 129 Å². The lowest BCUT2D eigenvalue weighted by molar-refractivity contribution is -0.519. The van der Waals surface area contributed by atoms with E-state index >= 15 is 0 Å². The molecule has 0 fully saturated rings. The Morgan fingerprint density at radius 3 is 1.15 bits per heavy atom. The van der Waals surface area contributed by atoms with Crippen LogP contribution < -0.4 is 0 Å². The van der Waals surface area contributed by atoms with Crippen molar-refractivity contribution in [2.75, 3.05) is 13.1 Å². The highest BCUT2D eigenvalue weighted by molar-refractivity contribution is 4.51. The highest BCUT2D eigenvalue weighted by atomic mass is 16.6. The van der Waals surface area contributed by atoms with Crippen LogP contribution in [0.15, 0.2) is 0 Å². The number of rotatable bonds is 21. The molecular weight excluding hydrogens is 438 g/mol. The van der Waals surface area contributed by atoms with Crippen molar-refractivity contribution in [3.63, 3.8) is 0 Å². The first-order valence-corrected chi connectivity index (χ1v) is 13.6. The molecule has 0 amide bonds. The van der Waals surface area contributed by atoms with Crippen molar-refractivity contribution in [1.29, 1.82) is 0 Å². The maximum atomic E-state index is 10.3. The van der Waals surface area contributed by atoms with E-state index in [4.69, 9.17) is 0 Å². The van der Waals surface area contributed by atoms with Crippen molar-refractivity contribution < 1.29 is 14.8 Å². The molecule has 204 valence electrons. The first-order valence-electron chi connectivity index (χ1n) is 13.6. The second-order valence-corrected chi connectivity index (χ2v) is 8.99. The summed E-state index contributed by atoms with van der Waals surface area (Å²) in [6, 6.07) is -0.356. The third-order valence-corrected chi connectivity index (χ3v) is 5.47. The minimum Gasteiger partial charge on any atom is -0.265 e. The van der Waals surface area contributed by atoms with Gasteiger partial charge in [-0.2, -0.15) is 0 Å². The van der Waals surface area contributed by atoms with Gasteiger partial charge in [0.05, 0.1) is 0 Å². The zero-order valence-corrected chi connectivity index (χ0v) is 22.5. The molecule has 0 spiro atoms. The SMILES string of the molecule is CCCCCCCCCC(C)[N+](=O)[O-].CCCCCCCCC[N+](=O)[O-].CCCCC[N+](=O)[O-]. The molecule has 0 aliphatic carbocycles. The highest BCUT2D eigenvalue weighted by Crippen LogP contribution is 2.10. The van der Waals surface area contributed by atoms with Crippen LogP contribution in [0.25, 0.3) is 0 Å². The van der Waals surface area contributed by atoms with E-state index in [1.807, 2.05) is 6.92 Å². The number of hydrogen-bond donors (Lipinski definition) is 0. The molecule has 1 unspecified atom stereocenters. The number of nitro groups is 3. The fourth-order valence-corrected chi connectivity index (χ4v) is 3.19. The molecule has 1 atom stereocenters. The largest absolute Gasteiger partial charge is 0.265 e. The summed E-state index contributed by atoms with van der Waals surface area (Å²) in [5.41, 5.74) is 0. The van der Waals surface area contributed by atoms with Crippen LogP contribution in [0, 0.1) is 30.3 Å². The first kappa shape index (κ1) is 36.8. The molecule has 0 radical (unpaired) electrons. The van der Waals surface area contributed by atoms with Crippen molar-refractivity contribution in [1.82, 2.24) is 0 Å². The lowest BCUT2D eigenvalue weighted by Gasteiger charge is -2.03. The van der Waals surface area contributed by atoms with E-state index in [0.717, 1.165) is 57.8 Å². The van der Waals surface area contributed by atoms with Crippen molar-refractivity contribution in [2.24, 2.45) is 0 Å². The predicted octanol–water partition coefficient (Wildman–Crippen LogP) is 8.26. The van der Waals surface area contributed by atoms with Crippen molar-refractivity contribution in [3.05, 3.63) is 30.3 Å². The maximum Gasteiger partial charge on any atom is 0.210 e. The van der Waals surface area contributed by atoms with Crippen LogP contribution in [-0.2, 0) is 0 Å². The smallest absolute Gasteiger partial charge is 0.210 e. The molecule has 34 heavy (non-hydrogen) atoms. The van der Waals surface area contributed by atoms with E-state index in [1.54, 1.807) is 6.92 Å². The van der Waals surface area contributed by atoms with Gasteiger partial charge in [0.1, 0.15) is 0 Å². The van der Waals surface area contributed by atoms with Gasteiger partial charge in [0, 0.05) is 41.0 Å². The number of hydrogen-bond acceptors (Lipinski definition) is 6. The molecule has 0 N–H and O–H groups in total. The summed E-state index contributed by atoms with van der Waals surface area (Å²) in [6.07, 6.45) is 20.1. The predicted molar refractivity (Wildman–Crippen MR) is 140 cm³/mol. The Hall–Kier alpha value is -1.80. The Morgan fingerprint density at radius 1 is 0.500 bits per heavy atom. The molecule has 0 saturated heterocycles. The van der Waals surface area contributed by atoms with E-state index in [1.165, 1.54) is 57.8 Å². The summed E-state index contributed by atoms with van der Waals surface area (Å²) in [5.74, 6) is 0. The van der Waals surface area contributed by atoms with E-state index in [2.05, 4.69) is 13.8 Å². The van der Waals surface area contributed by atoms with Gasteiger partial charge < -0.3 is 0 Å². The number of nitrogens with zero attached hydrogens (tertiary/aromatic N) is 3. The Labute approximate surface area is 207 Å². The maximum absolute atomic E-state index is 10.3. The van der Waals surface area contributed by atoms with Crippen LogP contribution in [-0.4, -0.2) is 33.9 Å². The van der Waals surface area contributed by atoms with E-state index in [0.29, 0.717) is 0 Å². The van der Waals surface area contributed by atoms with Crippen molar-refractivity contribution in [3.8, 4) is 0 Å². The Balaban J connectivity index is -0.000000440. The molecular formula is C25H53N3O6. The zero-order valence-electron chi connectivity index (χ0n) is 22.5. The van der Waals surface area contributed by atoms with Crippen LogP contribution in [0.4, 0.5) is 0 Å². The minimum atomic E-state index is -0.356. The third-order valence-electron chi connectivity index (χ3n) is 5.47. The van der Waals surface area contributed by atoms with E-state index in [-0.39, 0.29) is 33.9 Å². The molecule has 0 aromatic carbocycles. The molecule has 0 rings (SSSR count). The fourth-order valence-electron chi connectivity index (χ4n) is 3.19. The summed E-state index contributed by atoms with van der Waals surface area (Å²) in [5, 5.41) is 29.9. The van der Waals surface area contributed by atoms with Crippen LogP contribution in [0.3, 0.4) is 0 Å². The van der Waals surface area contributed by atoms with Crippen LogP contribution in [0.2, 0.25) is 0 Å². The second kappa shape index (κ2) is 31.2. The van der Waals surface area contributed by atoms with Gasteiger partial charge in [-0.05, 0) is 19.3 Å². The number of unbranched alkanes of at least 4 members (excludes halogenated alkanes) is 14.